The number of aromatic nitrogens is 4. The number of hydrogen-bond acceptors (Lipinski definition) is 6. The summed E-state index contributed by atoms with van der Waals surface area (Å²) >= 11 is 0. The highest BCUT2D eigenvalue weighted by molar-refractivity contribution is 5.50. The minimum absolute atomic E-state index is 0.102. The molecule has 0 bridgehead atoms. The van der Waals surface area contributed by atoms with Gasteiger partial charge in [-0.1, -0.05) is 5.16 Å². The van der Waals surface area contributed by atoms with Crippen molar-refractivity contribution in [1.29, 1.82) is 0 Å². The highest BCUT2D eigenvalue weighted by Crippen LogP contribution is 2.12. The molecule has 0 unspecified atom stereocenters. The summed E-state index contributed by atoms with van der Waals surface area (Å²) in [5, 5.41) is 10.1. The second kappa shape index (κ2) is 3.33. The molecule has 2 aromatic rings. The van der Waals surface area contributed by atoms with E-state index in [1.54, 1.807) is 12.4 Å². The van der Waals surface area contributed by atoms with Gasteiger partial charge in [0.25, 0.3) is 5.89 Å². The predicted octanol–water partition coefficient (Wildman–Crippen LogP) is -0.150. The molecule has 0 saturated heterocycles. The Bertz CT molecular complexity index is 368. The van der Waals surface area contributed by atoms with Gasteiger partial charge in [-0.2, -0.15) is 10.1 Å². The molecular formula is C6H7N5O2. The van der Waals surface area contributed by atoms with Gasteiger partial charge in [0.1, 0.15) is 6.61 Å². The van der Waals surface area contributed by atoms with E-state index in [4.69, 9.17) is 10.4 Å². The van der Waals surface area contributed by atoms with Crippen molar-refractivity contribution in [1.82, 2.24) is 20.3 Å². The van der Waals surface area contributed by atoms with Gasteiger partial charge in [-0.25, -0.2) is 5.90 Å². The normalized spacial score (nSPS) is 10.5. The number of H-pyrrole nitrogens is 1. The molecule has 7 nitrogen and oxygen atoms in total. The first-order chi connectivity index (χ1) is 6.40. The van der Waals surface area contributed by atoms with Gasteiger partial charge in [-0.05, 0) is 0 Å². The molecule has 0 fully saturated rings. The smallest absolute Gasteiger partial charge is 0.255 e. The van der Waals surface area contributed by atoms with Crippen molar-refractivity contribution in [2.75, 3.05) is 0 Å². The standard InChI is InChI=1S/C6H7N5O2/c7-12-3-5-10-6(11-13-5)4-1-8-9-2-4/h1-2H,3,7H2,(H,8,9). The van der Waals surface area contributed by atoms with Crippen molar-refractivity contribution in [3.05, 3.63) is 18.3 Å². The van der Waals surface area contributed by atoms with E-state index in [-0.39, 0.29) is 6.61 Å². The Labute approximate surface area is 72.8 Å². The van der Waals surface area contributed by atoms with Crippen LogP contribution >= 0.6 is 0 Å². The van der Waals surface area contributed by atoms with E-state index in [0.29, 0.717) is 11.7 Å². The summed E-state index contributed by atoms with van der Waals surface area (Å²) in [5.74, 6) is 5.63. The van der Waals surface area contributed by atoms with Crippen LogP contribution < -0.4 is 5.90 Å². The van der Waals surface area contributed by atoms with Crippen molar-refractivity contribution in [3.8, 4) is 11.4 Å². The molecule has 2 rings (SSSR count). The van der Waals surface area contributed by atoms with E-state index in [2.05, 4.69) is 25.2 Å². The van der Waals surface area contributed by atoms with Gasteiger partial charge >= 0.3 is 0 Å². The first kappa shape index (κ1) is 7.90. The highest BCUT2D eigenvalue weighted by atomic mass is 16.6. The van der Waals surface area contributed by atoms with E-state index in [1.165, 1.54) is 0 Å². The molecule has 3 N–H and O–H groups in total. The molecule has 0 aliphatic heterocycles. The predicted molar refractivity (Wildman–Crippen MR) is 40.9 cm³/mol. The van der Waals surface area contributed by atoms with Gasteiger partial charge in [0, 0.05) is 6.20 Å². The lowest BCUT2D eigenvalue weighted by Crippen LogP contribution is -1.98. The molecule has 0 aliphatic carbocycles. The number of nitrogens with two attached hydrogens (primary N) is 1. The zero-order valence-electron chi connectivity index (χ0n) is 6.60. The van der Waals surface area contributed by atoms with Gasteiger partial charge in [0.2, 0.25) is 5.82 Å². The molecule has 2 heterocycles. The van der Waals surface area contributed by atoms with Crippen LogP contribution in [0.25, 0.3) is 11.4 Å². The van der Waals surface area contributed by atoms with E-state index < -0.39 is 0 Å². The Kier molecular flexibility index (Phi) is 2.02. The molecule has 0 aromatic carbocycles. The molecule has 0 radical (unpaired) electrons. The van der Waals surface area contributed by atoms with E-state index in [1.807, 2.05) is 0 Å². The Morgan fingerprint density at radius 3 is 3.23 bits per heavy atom. The topological polar surface area (TPSA) is 103 Å². The van der Waals surface area contributed by atoms with Crippen molar-refractivity contribution in [2.45, 2.75) is 6.61 Å². The monoisotopic (exact) mass is 181 g/mol. The second-order valence-corrected chi connectivity index (χ2v) is 2.31. The zero-order chi connectivity index (χ0) is 9.10. The summed E-state index contributed by atoms with van der Waals surface area (Å²) in [6.45, 7) is 0.102. The van der Waals surface area contributed by atoms with E-state index >= 15 is 0 Å². The highest BCUT2D eigenvalue weighted by Gasteiger charge is 2.08. The third-order valence-corrected chi connectivity index (χ3v) is 1.43. The Morgan fingerprint density at radius 1 is 1.62 bits per heavy atom. The van der Waals surface area contributed by atoms with Crippen LogP contribution in [0.4, 0.5) is 0 Å². The lowest BCUT2D eigenvalue weighted by atomic mass is 10.3. The third-order valence-electron chi connectivity index (χ3n) is 1.43. The fourth-order valence-corrected chi connectivity index (χ4v) is 0.875. The Hall–Kier alpha value is -1.73. The van der Waals surface area contributed by atoms with Crippen LogP contribution in [0.1, 0.15) is 5.89 Å². The number of rotatable bonds is 3. The van der Waals surface area contributed by atoms with Crippen LogP contribution in [0.2, 0.25) is 0 Å². The Morgan fingerprint density at radius 2 is 2.54 bits per heavy atom. The van der Waals surface area contributed by atoms with Crippen LogP contribution in [-0.2, 0) is 11.4 Å². The average Bonchev–Trinajstić information content (AvgIpc) is 2.70. The van der Waals surface area contributed by atoms with Crippen LogP contribution in [0, 0.1) is 0 Å². The van der Waals surface area contributed by atoms with Crippen molar-refractivity contribution < 1.29 is 9.36 Å². The summed E-state index contributed by atoms with van der Waals surface area (Å²) in [7, 11) is 0. The van der Waals surface area contributed by atoms with Crippen molar-refractivity contribution in [3.63, 3.8) is 0 Å². The van der Waals surface area contributed by atoms with Gasteiger partial charge in [-0.15, -0.1) is 0 Å². The summed E-state index contributed by atoms with van der Waals surface area (Å²) in [6.07, 6.45) is 3.26. The minimum atomic E-state index is 0.102. The fourth-order valence-electron chi connectivity index (χ4n) is 0.875. The molecule has 0 aliphatic rings. The summed E-state index contributed by atoms with van der Waals surface area (Å²) in [5.41, 5.74) is 0.757. The number of nitrogens with one attached hydrogen (secondary N) is 1. The maximum absolute atomic E-state index is 4.84. The molecule has 7 heteroatoms. The van der Waals surface area contributed by atoms with Crippen molar-refractivity contribution in [2.24, 2.45) is 5.90 Å². The first-order valence-corrected chi connectivity index (χ1v) is 3.53. The lowest BCUT2D eigenvalue weighted by molar-refractivity contribution is 0.0996. The molecule has 0 spiro atoms. The van der Waals surface area contributed by atoms with Gasteiger partial charge in [0.15, 0.2) is 0 Å². The molecule has 2 aromatic heterocycles. The van der Waals surface area contributed by atoms with Crippen molar-refractivity contribution >= 4 is 0 Å². The molecule has 0 saturated carbocycles. The zero-order valence-corrected chi connectivity index (χ0v) is 6.60. The molecule has 13 heavy (non-hydrogen) atoms. The number of aromatic amines is 1. The van der Waals surface area contributed by atoms with Gasteiger partial charge < -0.3 is 4.52 Å². The minimum Gasteiger partial charge on any atom is -0.336 e. The largest absolute Gasteiger partial charge is 0.336 e. The van der Waals surface area contributed by atoms with Gasteiger partial charge in [-0.3, -0.25) is 9.94 Å². The summed E-state index contributed by atoms with van der Waals surface area (Å²) in [6, 6.07) is 0. The summed E-state index contributed by atoms with van der Waals surface area (Å²) in [4.78, 5) is 8.34. The third kappa shape index (κ3) is 1.55. The quantitative estimate of drug-likeness (QED) is 0.638. The maximum Gasteiger partial charge on any atom is 0.255 e. The SMILES string of the molecule is NOCc1nc(-c2cn[nH]c2)no1. The fraction of sp³-hybridized carbons (Fsp3) is 0.167. The van der Waals surface area contributed by atoms with Crippen LogP contribution in [0.5, 0.6) is 0 Å². The number of hydrogen-bond donors (Lipinski definition) is 2. The average molecular weight is 181 g/mol. The van der Waals surface area contributed by atoms with Crippen LogP contribution in [-0.4, -0.2) is 20.3 Å². The molecule has 68 valence electrons. The number of nitrogens with zero attached hydrogens (tertiary/aromatic N) is 3. The van der Waals surface area contributed by atoms with Crippen LogP contribution in [0.15, 0.2) is 16.9 Å². The first-order valence-electron chi connectivity index (χ1n) is 3.53. The second-order valence-electron chi connectivity index (χ2n) is 2.31. The lowest BCUT2D eigenvalue weighted by Gasteiger charge is -1.85. The van der Waals surface area contributed by atoms with Gasteiger partial charge in [0.05, 0.1) is 11.8 Å². The molecule has 0 amide bonds. The molecule has 0 atom stereocenters. The Balaban J connectivity index is 2.23. The maximum atomic E-state index is 4.84. The molecular weight excluding hydrogens is 174 g/mol. The summed E-state index contributed by atoms with van der Waals surface area (Å²) < 4.78 is 4.82. The van der Waals surface area contributed by atoms with Crippen LogP contribution in [0.3, 0.4) is 0 Å². The van der Waals surface area contributed by atoms with E-state index in [0.717, 1.165) is 5.56 Å². The van der Waals surface area contributed by atoms with E-state index in [9.17, 15) is 0 Å².